The summed E-state index contributed by atoms with van der Waals surface area (Å²) in [6, 6.07) is 45.2. The first-order valence-corrected chi connectivity index (χ1v) is 13.3. The topological polar surface area (TPSA) is 26.0 Å². The summed E-state index contributed by atoms with van der Waals surface area (Å²) in [5, 5.41) is 5.00. The molecule has 178 valence electrons. The summed E-state index contributed by atoms with van der Waals surface area (Å²) in [6.07, 6.45) is 2.90. The molecule has 0 aromatic heterocycles. The molecule has 37 heavy (non-hydrogen) atoms. The van der Waals surface area contributed by atoms with Crippen LogP contribution in [0.15, 0.2) is 138 Å². The number of nitrogens with two attached hydrogens (primary N) is 1. The Morgan fingerprint density at radius 3 is 1.73 bits per heavy atom. The Hall–Kier alpha value is -4.14. The van der Waals surface area contributed by atoms with Crippen molar-refractivity contribution in [1.82, 2.24) is 0 Å². The predicted octanol–water partition coefficient (Wildman–Crippen LogP) is 9.63. The highest BCUT2D eigenvalue weighted by Gasteiger charge is 2.12. The summed E-state index contributed by atoms with van der Waals surface area (Å²) in [4.78, 5) is 0. The Bertz CT molecular complexity index is 1750. The van der Waals surface area contributed by atoms with E-state index in [1.807, 2.05) is 30.3 Å². The molecular formula is C35H26BrN. The van der Waals surface area contributed by atoms with E-state index < -0.39 is 0 Å². The van der Waals surface area contributed by atoms with Gasteiger partial charge in [-0.1, -0.05) is 143 Å². The number of rotatable bonds is 5. The maximum atomic E-state index is 6.29. The number of halogens is 1. The zero-order chi connectivity index (χ0) is 25.2. The van der Waals surface area contributed by atoms with Crippen LogP contribution in [0.1, 0.15) is 11.1 Å². The van der Waals surface area contributed by atoms with Crippen LogP contribution in [0.25, 0.3) is 49.5 Å². The van der Waals surface area contributed by atoms with Crippen molar-refractivity contribution in [2.45, 2.75) is 6.42 Å². The van der Waals surface area contributed by atoms with Crippen molar-refractivity contribution in [3.8, 4) is 22.3 Å². The molecule has 0 aliphatic rings. The van der Waals surface area contributed by atoms with Gasteiger partial charge in [-0.25, -0.2) is 0 Å². The molecule has 0 bridgehead atoms. The molecule has 0 atom stereocenters. The average molecular weight is 541 g/mol. The molecule has 6 rings (SSSR count). The van der Waals surface area contributed by atoms with E-state index in [0.29, 0.717) is 0 Å². The molecule has 0 fully saturated rings. The molecule has 0 amide bonds. The van der Waals surface area contributed by atoms with Crippen LogP contribution in [0, 0.1) is 0 Å². The van der Waals surface area contributed by atoms with Gasteiger partial charge in [0.15, 0.2) is 0 Å². The van der Waals surface area contributed by atoms with E-state index in [2.05, 4.69) is 119 Å². The fraction of sp³-hybridized carbons (Fsp3) is 0.0286. The first kappa shape index (κ1) is 23.3. The van der Waals surface area contributed by atoms with Gasteiger partial charge in [0.25, 0.3) is 0 Å². The average Bonchev–Trinajstić information content (AvgIpc) is 2.97. The molecule has 2 heteroatoms. The van der Waals surface area contributed by atoms with E-state index in [4.69, 9.17) is 5.73 Å². The minimum Gasteiger partial charge on any atom is -0.398 e. The van der Waals surface area contributed by atoms with E-state index in [9.17, 15) is 0 Å². The van der Waals surface area contributed by atoms with Gasteiger partial charge in [-0.05, 0) is 67.4 Å². The second-order valence-corrected chi connectivity index (χ2v) is 10.1. The lowest BCUT2D eigenvalue weighted by Crippen LogP contribution is -1.96. The van der Waals surface area contributed by atoms with Gasteiger partial charge in [-0.3, -0.25) is 0 Å². The van der Waals surface area contributed by atoms with Crippen LogP contribution in [-0.2, 0) is 6.42 Å². The maximum Gasteiger partial charge on any atom is 0.0350 e. The number of hydrogen-bond donors (Lipinski definition) is 1. The largest absolute Gasteiger partial charge is 0.398 e. The number of hydrogen-bond acceptors (Lipinski definition) is 1. The number of benzene rings is 6. The summed E-state index contributed by atoms with van der Waals surface area (Å²) in [5.74, 6) is 0. The predicted molar refractivity (Wildman–Crippen MR) is 162 cm³/mol. The van der Waals surface area contributed by atoms with Crippen molar-refractivity contribution in [3.63, 3.8) is 0 Å². The van der Waals surface area contributed by atoms with Gasteiger partial charge in [0.2, 0.25) is 0 Å². The van der Waals surface area contributed by atoms with Gasteiger partial charge in [-0.15, -0.1) is 0 Å². The minimum absolute atomic E-state index is 0.803. The Kier molecular flexibility index (Phi) is 6.34. The first-order valence-electron chi connectivity index (χ1n) is 12.5. The van der Waals surface area contributed by atoms with Gasteiger partial charge >= 0.3 is 0 Å². The minimum atomic E-state index is 0.803. The molecule has 0 radical (unpaired) electrons. The van der Waals surface area contributed by atoms with Gasteiger partial charge in [0, 0.05) is 10.2 Å². The van der Waals surface area contributed by atoms with Gasteiger partial charge in [-0.2, -0.15) is 0 Å². The third-order valence-corrected chi connectivity index (χ3v) is 7.71. The van der Waals surface area contributed by atoms with Crippen LogP contribution in [0.4, 0.5) is 0 Å². The smallest absolute Gasteiger partial charge is 0.0350 e. The Balaban J connectivity index is 1.36. The van der Waals surface area contributed by atoms with E-state index in [-0.39, 0.29) is 0 Å². The molecule has 0 saturated carbocycles. The lowest BCUT2D eigenvalue weighted by molar-refractivity contribution is 1.26. The second kappa shape index (κ2) is 10.1. The lowest BCUT2D eigenvalue weighted by Gasteiger charge is -2.15. The quantitative estimate of drug-likeness (QED) is 0.232. The molecule has 0 heterocycles. The number of fused-ring (bicyclic) bond motifs is 2. The van der Waals surface area contributed by atoms with Gasteiger partial charge in [0.05, 0.1) is 0 Å². The van der Waals surface area contributed by atoms with Crippen LogP contribution in [0.5, 0.6) is 0 Å². The number of allylic oxidation sites excluding steroid dienone is 1. The summed E-state index contributed by atoms with van der Waals surface area (Å²) in [6.45, 7) is 0. The Labute approximate surface area is 226 Å². The molecule has 2 N–H and O–H groups in total. The molecular weight excluding hydrogens is 514 g/mol. The third-order valence-electron chi connectivity index (χ3n) is 7.01. The molecule has 6 aromatic rings. The van der Waals surface area contributed by atoms with Crippen molar-refractivity contribution in [3.05, 3.63) is 149 Å². The van der Waals surface area contributed by atoms with Crippen molar-refractivity contribution < 1.29 is 0 Å². The van der Waals surface area contributed by atoms with Crippen molar-refractivity contribution in [2.24, 2.45) is 5.73 Å². The highest BCUT2D eigenvalue weighted by atomic mass is 79.9. The summed E-state index contributed by atoms with van der Waals surface area (Å²) in [7, 11) is 0. The second-order valence-electron chi connectivity index (χ2n) is 9.27. The van der Waals surface area contributed by atoms with E-state index in [1.165, 1.54) is 49.4 Å². The van der Waals surface area contributed by atoms with Crippen LogP contribution < -0.4 is 5.73 Å². The van der Waals surface area contributed by atoms with Crippen LogP contribution in [-0.4, -0.2) is 0 Å². The summed E-state index contributed by atoms with van der Waals surface area (Å²) in [5.41, 5.74) is 14.4. The molecule has 0 saturated heterocycles. The first-order chi connectivity index (χ1) is 18.2. The summed E-state index contributed by atoms with van der Waals surface area (Å²) >= 11 is 3.72. The monoisotopic (exact) mass is 539 g/mol. The lowest BCUT2D eigenvalue weighted by atomic mass is 9.90. The van der Waals surface area contributed by atoms with Gasteiger partial charge < -0.3 is 5.73 Å². The van der Waals surface area contributed by atoms with E-state index >= 15 is 0 Å². The Morgan fingerprint density at radius 1 is 0.541 bits per heavy atom. The Morgan fingerprint density at radius 2 is 1.05 bits per heavy atom. The van der Waals surface area contributed by atoms with Crippen molar-refractivity contribution >= 4 is 43.2 Å². The highest BCUT2D eigenvalue weighted by molar-refractivity contribution is 9.10. The molecule has 0 unspecified atom stereocenters. The standard InChI is InChI=1S/C35H26BrN/c36-34-22-21-32(30-12-6-7-13-33(30)34)31-20-19-27(28-10-4-5-11-29(28)31)25-17-14-24(15-18-25)16-23-35(37)26-8-2-1-3-9-26/h1-15,17-23H,16,37H2/b35-23-. The van der Waals surface area contributed by atoms with Crippen molar-refractivity contribution in [2.75, 3.05) is 0 Å². The zero-order valence-corrected chi connectivity index (χ0v) is 22.0. The molecule has 1 nitrogen and oxygen atoms in total. The maximum absolute atomic E-state index is 6.29. The fourth-order valence-electron chi connectivity index (χ4n) is 5.08. The van der Waals surface area contributed by atoms with Crippen LogP contribution in [0.3, 0.4) is 0 Å². The molecule has 0 spiro atoms. The zero-order valence-electron chi connectivity index (χ0n) is 20.4. The molecule has 0 aliphatic carbocycles. The van der Waals surface area contributed by atoms with Crippen LogP contribution >= 0.6 is 15.9 Å². The molecule has 0 aliphatic heterocycles. The normalized spacial score (nSPS) is 11.8. The fourth-order valence-corrected chi connectivity index (χ4v) is 5.56. The van der Waals surface area contributed by atoms with E-state index in [1.54, 1.807) is 0 Å². The third kappa shape index (κ3) is 4.57. The molecule has 6 aromatic carbocycles. The summed E-state index contributed by atoms with van der Waals surface area (Å²) < 4.78 is 1.12. The van der Waals surface area contributed by atoms with Crippen LogP contribution in [0.2, 0.25) is 0 Å². The van der Waals surface area contributed by atoms with Gasteiger partial charge in [0.1, 0.15) is 0 Å². The van der Waals surface area contributed by atoms with E-state index in [0.717, 1.165) is 22.2 Å². The highest BCUT2D eigenvalue weighted by Crippen LogP contribution is 2.39. The van der Waals surface area contributed by atoms with Crippen molar-refractivity contribution in [1.29, 1.82) is 0 Å². The SMILES string of the molecule is N/C(=C\Cc1ccc(-c2ccc(-c3ccc(Br)c4ccccc34)c3ccccc23)cc1)c1ccccc1.